The second-order valence-electron chi connectivity index (χ2n) is 41.1. The molecular weight excluding hydrogens is 1930 g/mol. The minimum atomic E-state index is -4.79. The van der Waals surface area contributed by atoms with Gasteiger partial charge in [0.25, 0.3) is 47.3 Å². The Bertz CT molecular complexity index is 6900. The van der Waals surface area contributed by atoms with Crippen LogP contribution >= 0.6 is 0 Å². The first-order valence-electron chi connectivity index (χ1n) is 48.1. The Morgan fingerprint density at radius 3 is 0.932 bits per heavy atom. The van der Waals surface area contributed by atoms with Crippen molar-refractivity contribution in [3.63, 3.8) is 0 Å². The zero-order valence-electron chi connectivity index (χ0n) is 82.1. The average molecular weight is 2040 g/mol. The van der Waals surface area contributed by atoms with E-state index in [1.54, 1.807) is 57.2 Å². The van der Waals surface area contributed by atoms with Crippen LogP contribution in [0.15, 0.2) is 128 Å². The second kappa shape index (κ2) is 39.8. The Morgan fingerprint density at radius 1 is 0.370 bits per heavy atom. The highest BCUT2D eigenvalue weighted by atomic mass is 19.4. The number of aliphatic hydroxyl groups excluding tert-OH is 1. The molecule has 2 saturated carbocycles. The third-order valence-corrected chi connectivity index (χ3v) is 28.2. The molecule has 778 valence electrons. The number of hydrogen-bond donors (Lipinski definition) is 4. The molecule has 4 N–H and O–H groups in total. The summed E-state index contributed by atoms with van der Waals surface area (Å²) in [6.45, 7) is 23.0. The van der Waals surface area contributed by atoms with E-state index in [0.717, 1.165) is 129 Å². The Kier molecular flexibility index (Phi) is 28.7. The lowest BCUT2D eigenvalue weighted by atomic mass is 9.78. The zero-order valence-corrected chi connectivity index (χ0v) is 82.1. The number of nitrogens with zero attached hydrogens (tertiary/aromatic N) is 20. The first-order valence-corrected chi connectivity index (χ1v) is 48.1. The molecule has 8 aromatic heterocycles. The molecule has 3 aliphatic carbocycles. The molecule has 5 saturated heterocycles. The highest BCUT2D eigenvalue weighted by Crippen LogP contribution is 2.43. The predicted octanol–water partition coefficient (Wildman–Crippen LogP) is 13.5. The van der Waals surface area contributed by atoms with Gasteiger partial charge in [-0.25, -0.2) is 51.2 Å². The summed E-state index contributed by atoms with van der Waals surface area (Å²) in [7, 11) is 0. The normalized spacial score (nSPS) is 19.3. The summed E-state index contributed by atoms with van der Waals surface area (Å²) in [6.07, 6.45) is 0.293. The molecule has 0 unspecified atom stereocenters. The van der Waals surface area contributed by atoms with Crippen molar-refractivity contribution < 1.29 is 116 Å². The Labute approximate surface area is 829 Å². The van der Waals surface area contributed by atoms with Crippen LogP contribution in [0.4, 0.5) is 52.7 Å². The topological polar surface area (TPSA) is 373 Å². The number of carbonyl (C=O) groups is 8. The number of piperazine rings is 4. The van der Waals surface area contributed by atoms with Gasteiger partial charge < -0.3 is 64.4 Å². The maximum absolute atomic E-state index is 14.0. The molecule has 13 heterocycles. The van der Waals surface area contributed by atoms with Gasteiger partial charge in [-0.15, -0.1) is 0 Å². The van der Waals surface area contributed by atoms with Crippen LogP contribution in [-0.4, -0.2) is 302 Å². The minimum Gasteiger partial charge on any atom is -0.384 e. The molecule has 11 aromatic rings. The molecule has 33 nitrogen and oxygen atoms in total. The maximum Gasteiger partial charge on any atom is 0.420 e. The number of benzene rings is 3. The van der Waals surface area contributed by atoms with Gasteiger partial charge in [-0.1, -0.05) is 19.9 Å². The standard InChI is InChI=1S/C27H37N5O3.C26H27F4N5O4.C25H25F4N5O3.C23H23F4N5O3/c1-18(2)20-15-21(19-9-6-5-7-10-19)29-32-16-22(28-23(20)32)24(33)31-14-13-30(17-26(31,3)4)25(34)27(35)11-8-12-27;1-24(2)15-33(23(37)25(38)7-11-39-12-8-25)9-10-34(24)22(36)20-14-35-21(31-20)18(26(28,29)30)13-19(32-35)16-3-5-17(27)6-4-16;1-23(2)14-32(22(36)24(37)8-3-9-24)10-11-33(23)21(35)19-13-34-20(30-19)17(25(27,28)29)12-18(31-34)15-4-6-16(26)7-5-15;1-13(33)20(34)30-8-9-31(22(2,3)12-30)21(35)18-11-32-19(28-18)16(23(25,26)27)10-17(29-32)14-4-6-15(24)7-5-14/h9,15-16,18,35H,5-8,10-14,17H2,1-4H3;3-6,13-14,38H,7-12,15H2,1-2H3;4-7,12-13,37H,3,8-11,14H2,1-2H3;4-7,10-11,13,33H,8-9,12H2,1-3H3/t;;;13-/m...0/s1. The maximum atomic E-state index is 14.0. The largest absolute Gasteiger partial charge is 0.420 e. The summed E-state index contributed by atoms with van der Waals surface area (Å²) in [4.78, 5) is 134. The molecule has 146 heavy (non-hydrogen) atoms. The number of fused-ring (bicyclic) bond motifs is 4. The second-order valence-corrected chi connectivity index (χ2v) is 41.1. The molecular formula is C101H112F12N20O13. The van der Waals surface area contributed by atoms with Crippen molar-refractivity contribution in [3.8, 4) is 33.8 Å². The number of allylic oxidation sites excluding steroid dienone is 2. The number of alkyl halides is 9. The smallest absolute Gasteiger partial charge is 0.384 e. The van der Waals surface area contributed by atoms with Crippen LogP contribution in [0.5, 0.6) is 0 Å². The number of carbonyl (C=O) groups excluding carboxylic acids is 8. The Balaban J connectivity index is 0.000000139. The number of imidazole rings is 4. The van der Waals surface area contributed by atoms with E-state index in [4.69, 9.17) is 14.8 Å². The third-order valence-electron chi connectivity index (χ3n) is 28.2. The van der Waals surface area contributed by atoms with Crippen LogP contribution in [0.25, 0.3) is 61.9 Å². The monoisotopic (exact) mass is 2040 g/mol. The predicted molar refractivity (Wildman–Crippen MR) is 505 cm³/mol. The highest BCUT2D eigenvalue weighted by molar-refractivity contribution is 5.97. The molecule has 0 spiro atoms. The fourth-order valence-corrected chi connectivity index (χ4v) is 19.8. The highest BCUT2D eigenvalue weighted by Gasteiger charge is 2.53. The van der Waals surface area contributed by atoms with Crippen LogP contribution in [0.3, 0.4) is 0 Å². The molecule has 5 aliphatic heterocycles. The summed E-state index contributed by atoms with van der Waals surface area (Å²) < 4.78 is 175. The van der Waals surface area contributed by atoms with E-state index >= 15 is 0 Å². The fourth-order valence-electron chi connectivity index (χ4n) is 19.8. The lowest BCUT2D eigenvalue weighted by Gasteiger charge is -2.49. The van der Waals surface area contributed by atoms with Crippen LogP contribution in [0.1, 0.15) is 229 Å². The summed E-state index contributed by atoms with van der Waals surface area (Å²) in [5, 5.41) is 58.8. The van der Waals surface area contributed by atoms with E-state index in [0.29, 0.717) is 51.0 Å². The van der Waals surface area contributed by atoms with Crippen molar-refractivity contribution in [2.75, 3.05) is 91.8 Å². The SMILES string of the molecule is CC(C)c1cc(C2=CCCCC2)nn2cc(C(=O)N3CCN(C(=O)C4(O)CCC4)CC3(C)C)nc12.CC1(C)CN(C(=O)C2(O)CCC2)CCN1C(=O)c1cn2nc(-c3ccc(F)cc3)cc(C(F)(F)F)c2n1.CC1(C)CN(C(=O)C2(O)CCOCC2)CCN1C(=O)c1cn2nc(-c3ccc(F)cc3)cc(C(F)(F)F)c2n1.C[C@H](O)C(=O)N1CCN(C(=O)c2cn3nc(-c4ccc(F)cc4)cc(C(F)(F)F)c3n2)C(C)(C)C1. The number of rotatable bonds is 13. The van der Waals surface area contributed by atoms with Gasteiger partial charge in [0.2, 0.25) is 0 Å². The van der Waals surface area contributed by atoms with Crippen molar-refractivity contribution in [1.29, 1.82) is 0 Å². The number of hydrogen-bond acceptors (Lipinski definition) is 21. The summed E-state index contributed by atoms with van der Waals surface area (Å²) >= 11 is 0. The van der Waals surface area contributed by atoms with Crippen LogP contribution in [0, 0.1) is 17.5 Å². The number of ether oxygens (including phenoxy) is 1. The van der Waals surface area contributed by atoms with Gasteiger partial charge in [0, 0.05) is 127 Å². The zero-order chi connectivity index (χ0) is 106. The number of amides is 8. The Morgan fingerprint density at radius 2 is 0.658 bits per heavy atom. The Hall–Kier alpha value is -13.4. The molecule has 0 bridgehead atoms. The van der Waals surface area contributed by atoms with Gasteiger partial charge >= 0.3 is 18.5 Å². The number of aliphatic hydroxyl groups is 4. The van der Waals surface area contributed by atoms with E-state index < -0.39 is 144 Å². The lowest BCUT2D eigenvalue weighted by Crippen LogP contribution is -2.65. The van der Waals surface area contributed by atoms with Crippen molar-refractivity contribution in [2.45, 2.75) is 223 Å². The molecule has 1 atom stereocenters. The molecule has 8 aliphatic rings. The molecule has 8 amide bonds. The van der Waals surface area contributed by atoms with Crippen LogP contribution in [-0.2, 0) is 42.4 Å². The van der Waals surface area contributed by atoms with Gasteiger partial charge in [-0.3, -0.25) is 38.4 Å². The van der Waals surface area contributed by atoms with E-state index in [9.17, 15) is 111 Å². The number of halogens is 12. The van der Waals surface area contributed by atoms with E-state index in [1.165, 1.54) is 91.1 Å². The van der Waals surface area contributed by atoms with Crippen molar-refractivity contribution in [1.82, 2.24) is 97.6 Å². The van der Waals surface area contributed by atoms with Crippen molar-refractivity contribution in [3.05, 3.63) is 196 Å². The van der Waals surface area contributed by atoms with E-state index in [-0.39, 0.29) is 159 Å². The lowest BCUT2D eigenvalue weighted by molar-refractivity contribution is -0.164. The van der Waals surface area contributed by atoms with Crippen LogP contribution in [0.2, 0.25) is 0 Å². The molecule has 0 radical (unpaired) electrons. The molecule has 7 fully saturated rings. The average Bonchev–Trinajstić information content (AvgIpc) is 1.38. The fraction of sp³-hybridized carbons (Fsp3) is 0.485. The molecule has 3 aromatic carbocycles. The summed E-state index contributed by atoms with van der Waals surface area (Å²) in [5.74, 6) is -4.80. The molecule has 45 heteroatoms. The van der Waals surface area contributed by atoms with Gasteiger partial charge in [-0.2, -0.15) is 59.9 Å². The number of aromatic nitrogens is 12. The first kappa shape index (κ1) is 105. The van der Waals surface area contributed by atoms with Gasteiger partial charge in [0.1, 0.15) is 79.8 Å². The summed E-state index contributed by atoms with van der Waals surface area (Å²) in [6, 6.07) is 19.2. The summed E-state index contributed by atoms with van der Waals surface area (Å²) in [5.41, 5.74) is -7.80. The first-order chi connectivity index (χ1) is 68.4. The van der Waals surface area contributed by atoms with Gasteiger partial charge in [0.15, 0.2) is 22.6 Å². The van der Waals surface area contributed by atoms with Crippen molar-refractivity contribution in [2.24, 2.45) is 0 Å². The van der Waals surface area contributed by atoms with Gasteiger partial charge in [0.05, 0.1) is 69.7 Å². The quantitative estimate of drug-likeness (QED) is 0.0779. The molecule has 19 rings (SSSR count). The van der Waals surface area contributed by atoms with Crippen LogP contribution < -0.4 is 0 Å². The van der Waals surface area contributed by atoms with Crippen molar-refractivity contribution >= 4 is 75.4 Å². The van der Waals surface area contributed by atoms with E-state index in [2.05, 4.69) is 56.2 Å². The van der Waals surface area contributed by atoms with Gasteiger partial charge in [-0.05, 0) is 235 Å². The minimum absolute atomic E-state index is 0.0578. The van der Waals surface area contributed by atoms with E-state index in [1.807, 2.05) is 18.7 Å². The third kappa shape index (κ3) is 21.6.